The first-order chi connectivity index (χ1) is 12.8. The lowest BCUT2D eigenvalue weighted by molar-refractivity contribution is -0.151. The average molecular weight is 372 g/mol. The van der Waals surface area contributed by atoms with Crippen molar-refractivity contribution in [3.05, 3.63) is 29.8 Å². The van der Waals surface area contributed by atoms with Crippen LogP contribution in [0.2, 0.25) is 0 Å². The van der Waals surface area contributed by atoms with Gasteiger partial charge in [-0.3, -0.25) is 19.8 Å². The zero-order valence-electron chi connectivity index (χ0n) is 15.7. The Balaban J connectivity index is 1.33. The van der Waals surface area contributed by atoms with Crippen molar-refractivity contribution in [3.63, 3.8) is 0 Å². The molecule has 0 spiro atoms. The second-order valence-electron chi connectivity index (χ2n) is 8.45. The predicted molar refractivity (Wildman–Crippen MR) is 95.5 cm³/mol. The molecule has 4 atom stereocenters. The van der Waals surface area contributed by atoms with Crippen LogP contribution in [-0.2, 0) is 24.5 Å². The first kappa shape index (κ1) is 18.0. The van der Waals surface area contributed by atoms with Crippen molar-refractivity contribution in [3.8, 4) is 5.75 Å². The number of hydrazine groups is 1. The van der Waals surface area contributed by atoms with Crippen LogP contribution in [0.3, 0.4) is 0 Å². The van der Waals surface area contributed by atoms with Crippen LogP contribution >= 0.6 is 0 Å². The van der Waals surface area contributed by atoms with E-state index in [1.807, 2.05) is 12.1 Å². The van der Waals surface area contributed by atoms with Gasteiger partial charge in [-0.1, -0.05) is 32.9 Å². The Bertz CT molecular complexity index is 755. The summed E-state index contributed by atoms with van der Waals surface area (Å²) in [6.07, 6.45) is 1.19. The van der Waals surface area contributed by atoms with Crippen LogP contribution < -0.4 is 10.2 Å². The van der Waals surface area contributed by atoms with Crippen molar-refractivity contribution < 1.29 is 23.9 Å². The fourth-order valence-corrected chi connectivity index (χ4v) is 4.18. The Kier molecular flexibility index (Phi) is 4.22. The number of imide groups is 1. The molecule has 3 fully saturated rings. The third-order valence-electron chi connectivity index (χ3n) is 5.61. The van der Waals surface area contributed by atoms with E-state index in [0.29, 0.717) is 5.75 Å². The zero-order valence-corrected chi connectivity index (χ0v) is 15.7. The largest absolute Gasteiger partial charge is 0.484 e. The van der Waals surface area contributed by atoms with Gasteiger partial charge < -0.3 is 9.47 Å². The van der Waals surface area contributed by atoms with E-state index in [2.05, 4.69) is 26.2 Å². The summed E-state index contributed by atoms with van der Waals surface area (Å²) in [5.41, 5.74) is 3.59. The SMILES string of the molecule is CC(C)(C)c1ccc(OCC(=O)NN2C(=O)[C@@H]3[C@@H](C2=O)[C@H]2CC[C@@H]3O2)cc1. The number of rotatable bonds is 4. The Morgan fingerprint density at radius 3 is 2.19 bits per heavy atom. The van der Waals surface area contributed by atoms with Crippen LogP contribution in [0.4, 0.5) is 0 Å². The van der Waals surface area contributed by atoms with E-state index in [0.717, 1.165) is 23.4 Å². The standard InChI is InChI=1S/C20H24N2O5/c1-20(2,3)11-4-6-12(7-5-11)26-10-15(23)21-22-18(24)16-13-8-9-14(27-13)17(16)19(22)25/h4-7,13-14,16-17H,8-10H2,1-3H3,(H,21,23)/t13-,14+,16-,17-/m0/s1. The number of nitrogens with one attached hydrogen (secondary N) is 1. The Labute approximate surface area is 158 Å². The molecule has 0 aromatic heterocycles. The van der Waals surface area contributed by atoms with Crippen LogP contribution in [0, 0.1) is 11.8 Å². The summed E-state index contributed by atoms with van der Waals surface area (Å²) < 4.78 is 11.1. The van der Waals surface area contributed by atoms with Gasteiger partial charge >= 0.3 is 0 Å². The highest BCUT2D eigenvalue weighted by Gasteiger charge is 2.62. The lowest BCUT2D eigenvalue weighted by Crippen LogP contribution is -2.49. The van der Waals surface area contributed by atoms with E-state index in [-0.39, 0.29) is 36.0 Å². The number of hydrogen-bond acceptors (Lipinski definition) is 5. The second kappa shape index (κ2) is 6.34. The van der Waals surface area contributed by atoms with Crippen LogP contribution in [-0.4, -0.2) is 41.5 Å². The van der Waals surface area contributed by atoms with Gasteiger partial charge in [0.15, 0.2) is 6.61 Å². The molecule has 3 amide bonds. The number of carbonyl (C=O) groups excluding carboxylic acids is 3. The molecular formula is C20H24N2O5. The molecule has 0 radical (unpaired) electrons. The molecule has 3 saturated heterocycles. The molecule has 3 aliphatic heterocycles. The number of carbonyl (C=O) groups is 3. The van der Waals surface area contributed by atoms with Crippen LogP contribution in [0.15, 0.2) is 24.3 Å². The van der Waals surface area contributed by atoms with Gasteiger partial charge in [0.05, 0.1) is 24.0 Å². The topological polar surface area (TPSA) is 84.9 Å². The summed E-state index contributed by atoms with van der Waals surface area (Å²) in [7, 11) is 0. The van der Waals surface area contributed by atoms with Crippen LogP contribution in [0.25, 0.3) is 0 Å². The molecule has 2 bridgehead atoms. The molecular weight excluding hydrogens is 348 g/mol. The highest BCUT2D eigenvalue weighted by molar-refractivity contribution is 6.07. The Morgan fingerprint density at radius 1 is 1.11 bits per heavy atom. The molecule has 1 aromatic carbocycles. The summed E-state index contributed by atoms with van der Waals surface area (Å²) >= 11 is 0. The van der Waals surface area contributed by atoms with Crippen molar-refractivity contribution in [2.75, 3.05) is 6.61 Å². The summed E-state index contributed by atoms with van der Waals surface area (Å²) in [5.74, 6) is -1.64. The van der Waals surface area contributed by atoms with Gasteiger partial charge in [-0.05, 0) is 36.0 Å². The molecule has 0 aliphatic carbocycles. The van der Waals surface area contributed by atoms with Crippen molar-refractivity contribution >= 4 is 17.7 Å². The average Bonchev–Trinajstić information content (AvgIpc) is 3.29. The highest BCUT2D eigenvalue weighted by Crippen LogP contribution is 2.47. The van der Waals surface area contributed by atoms with Gasteiger partial charge in [0.25, 0.3) is 17.7 Å². The molecule has 7 nitrogen and oxygen atoms in total. The second-order valence-corrected chi connectivity index (χ2v) is 8.45. The maximum absolute atomic E-state index is 12.5. The molecule has 7 heteroatoms. The summed E-state index contributed by atoms with van der Waals surface area (Å²) in [6.45, 7) is 6.08. The summed E-state index contributed by atoms with van der Waals surface area (Å²) in [4.78, 5) is 37.2. The monoisotopic (exact) mass is 372 g/mol. The summed E-state index contributed by atoms with van der Waals surface area (Å²) in [5, 5.41) is 0.859. The number of amides is 3. The molecule has 4 rings (SSSR count). The minimum atomic E-state index is -0.537. The molecule has 27 heavy (non-hydrogen) atoms. The van der Waals surface area contributed by atoms with Gasteiger partial charge in [-0.2, -0.15) is 5.01 Å². The minimum Gasteiger partial charge on any atom is -0.484 e. The molecule has 3 aliphatic rings. The van der Waals surface area contributed by atoms with E-state index in [4.69, 9.17) is 9.47 Å². The predicted octanol–water partition coefficient (Wildman–Crippen LogP) is 1.56. The Hall–Kier alpha value is -2.41. The lowest BCUT2D eigenvalue weighted by atomic mass is 9.81. The molecule has 1 aromatic rings. The third kappa shape index (κ3) is 3.10. The van der Waals surface area contributed by atoms with Gasteiger partial charge in [0.1, 0.15) is 5.75 Å². The van der Waals surface area contributed by atoms with E-state index >= 15 is 0 Å². The Morgan fingerprint density at radius 2 is 1.67 bits per heavy atom. The quantitative estimate of drug-likeness (QED) is 0.811. The highest BCUT2D eigenvalue weighted by atomic mass is 16.5. The van der Waals surface area contributed by atoms with Crippen LogP contribution in [0.5, 0.6) is 5.75 Å². The number of hydrogen-bond donors (Lipinski definition) is 1. The van der Waals surface area contributed by atoms with E-state index < -0.39 is 17.7 Å². The van der Waals surface area contributed by atoms with Crippen molar-refractivity contribution in [2.45, 2.75) is 51.2 Å². The van der Waals surface area contributed by atoms with Crippen molar-refractivity contribution in [1.82, 2.24) is 10.4 Å². The van der Waals surface area contributed by atoms with E-state index in [1.54, 1.807) is 12.1 Å². The number of benzene rings is 1. The van der Waals surface area contributed by atoms with Gasteiger partial charge in [-0.25, -0.2) is 0 Å². The molecule has 1 N–H and O–H groups in total. The van der Waals surface area contributed by atoms with Crippen molar-refractivity contribution in [2.24, 2.45) is 11.8 Å². The maximum Gasteiger partial charge on any atom is 0.276 e. The molecule has 0 unspecified atom stereocenters. The maximum atomic E-state index is 12.5. The molecule has 3 heterocycles. The number of fused-ring (bicyclic) bond motifs is 5. The fraction of sp³-hybridized carbons (Fsp3) is 0.550. The zero-order chi connectivity index (χ0) is 19.3. The van der Waals surface area contributed by atoms with Gasteiger partial charge in [-0.15, -0.1) is 0 Å². The molecule has 144 valence electrons. The summed E-state index contributed by atoms with van der Waals surface area (Å²) in [6, 6.07) is 7.52. The smallest absolute Gasteiger partial charge is 0.276 e. The molecule has 0 saturated carbocycles. The van der Waals surface area contributed by atoms with Crippen molar-refractivity contribution in [1.29, 1.82) is 0 Å². The lowest BCUT2D eigenvalue weighted by Gasteiger charge is -2.19. The van der Waals surface area contributed by atoms with E-state index in [1.165, 1.54) is 0 Å². The number of ether oxygens (including phenoxy) is 2. The van der Waals surface area contributed by atoms with E-state index in [9.17, 15) is 14.4 Å². The number of nitrogens with zero attached hydrogens (tertiary/aromatic N) is 1. The van der Waals surface area contributed by atoms with Crippen LogP contribution in [0.1, 0.15) is 39.2 Å². The minimum absolute atomic E-state index is 0.0353. The third-order valence-corrected chi connectivity index (χ3v) is 5.61. The first-order valence-electron chi connectivity index (χ1n) is 9.32. The normalized spacial score (nSPS) is 29.2. The fourth-order valence-electron chi connectivity index (χ4n) is 4.18. The van der Waals surface area contributed by atoms with Gasteiger partial charge in [0, 0.05) is 0 Å². The first-order valence-corrected chi connectivity index (χ1v) is 9.32. The van der Waals surface area contributed by atoms with Gasteiger partial charge in [0.2, 0.25) is 0 Å².